The van der Waals surface area contributed by atoms with Crippen molar-refractivity contribution < 1.29 is 9.47 Å². The number of aliphatic imine (C=N–C) groups is 1. The molecule has 0 aliphatic rings. The lowest BCUT2D eigenvalue weighted by Gasteiger charge is -2.13. The molecule has 2 aromatic rings. The lowest BCUT2D eigenvalue weighted by Crippen LogP contribution is -2.37. The molecule has 0 amide bonds. The van der Waals surface area contributed by atoms with Crippen LogP contribution in [-0.4, -0.2) is 33.8 Å². The number of rotatable bonds is 8. The largest absolute Gasteiger partial charge is 0.493 e. The lowest BCUT2D eigenvalue weighted by molar-refractivity contribution is 0.354. The maximum absolute atomic E-state index is 5.35. The van der Waals surface area contributed by atoms with Gasteiger partial charge in [0.1, 0.15) is 0 Å². The number of hydrogen-bond acceptors (Lipinski definition) is 3. The number of hydrogen-bond donors (Lipinski definition) is 2. The minimum atomic E-state index is 0.759. The molecule has 0 spiro atoms. The van der Waals surface area contributed by atoms with E-state index in [0.717, 1.165) is 43.4 Å². The first kappa shape index (κ1) is 19.6. The van der Waals surface area contributed by atoms with Gasteiger partial charge in [0, 0.05) is 20.1 Å². The second-order valence-electron chi connectivity index (χ2n) is 6.13. The van der Waals surface area contributed by atoms with Crippen LogP contribution < -0.4 is 20.1 Å². The number of ether oxygens (including phenoxy) is 2. The van der Waals surface area contributed by atoms with Crippen LogP contribution in [-0.2, 0) is 13.0 Å². The van der Waals surface area contributed by atoms with Crippen molar-refractivity contribution in [2.75, 3.05) is 27.8 Å². The summed E-state index contributed by atoms with van der Waals surface area (Å²) in [6, 6.07) is 14.6. The third kappa shape index (κ3) is 5.99. The van der Waals surface area contributed by atoms with Crippen LogP contribution in [0.15, 0.2) is 47.5 Å². The summed E-state index contributed by atoms with van der Waals surface area (Å²) in [6.45, 7) is 3.70. The van der Waals surface area contributed by atoms with E-state index in [0.29, 0.717) is 0 Å². The molecular formula is C21H29N3O2. The average Bonchev–Trinajstić information content (AvgIpc) is 2.68. The van der Waals surface area contributed by atoms with E-state index in [1.807, 2.05) is 12.1 Å². The van der Waals surface area contributed by atoms with Gasteiger partial charge in [-0.25, -0.2) is 0 Å². The summed E-state index contributed by atoms with van der Waals surface area (Å²) >= 11 is 0. The first-order valence-corrected chi connectivity index (χ1v) is 8.87. The van der Waals surface area contributed by atoms with Gasteiger partial charge in [0.25, 0.3) is 0 Å². The Labute approximate surface area is 156 Å². The predicted octanol–water partition coefficient (Wildman–Crippen LogP) is 3.31. The van der Waals surface area contributed by atoms with Crippen LogP contribution in [0.3, 0.4) is 0 Å². The maximum atomic E-state index is 5.35. The number of nitrogens with one attached hydrogen (secondary N) is 2. The van der Waals surface area contributed by atoms with E-state index in [-0.39, 0.29) is 0 Å². The number of benzene rings is 2. The highest BCUT2D eigenvalue weighted by Crippen LogP contribution is 2.27. The Hall–Kier alpha value is -2.69. The molecule has 0 bridgehead atoms. The Balaban J connectivity index is 1.74. The van der Waals surface area contributed by atoms with Gasteiger partial charge in [-0.15, -0.1) is 0 Å². The number of guanidine groups is 1. The minimum Gasteiger partial charge on any atom is -0.493 e. The molecule has 0 aliphatic heterocycles. The fourth-order valence-electron chi connectivity index (χ4n) is 2.65. The summed E-state index contributed by atoms with van der Waals surface area (Å²) in [5.41, 5.74) is 3.74. The molecule has 0 heterocycles. The second kappa shape index (κ2) is 10.3. The summed E-state index contributed by atoms with van der Waals surface area (Å²) in [5.74, 6) is 2.35. The van der Waals surface area contributed by atoms with Crippen molar-refractivity contribution in [3.05, 3.63) is 59.2 Å². The molecule has 26 heavy (non-hydrogen) atoms. The third-order valence-electron chi connectivity index (χ3n) is 4.19. The standard InChI is InChI=1S/C21H29N3O2/c1-16-7-9-18(10-8-16)15-24-21(22-2)23-13-5-6-17-11-12-19(25-3)20(14-17)26-4/h7-12,14H,5-6,13,15H2,1-4H3,(H2,22,23,24). The summed E-state index contributed by atoms with van der Waals surface area (Å²) in [6.07, 6.45) is 1.96. The third-order valence-corrected chi connectivity index (χ3v) is 4.19. The fraction of sp³-hybridized carbons (Fsp3) is 0.381. The molecule has 5 nitrogen and oxygen atoms in total. The quantitative estimate of drug-likeness (QED) is 0.433. The fourth-order valence-corrected chi connectivity index (χ4v) is 2.65. The molecule has 0 radical (unpaired) electrons. The van der Waals surface area contributed by atoms with Gasteiger partial charge in [-0.3, -0.25) is 4.99 Å². The molecule has 2 N–H and O–H groups in total. The van der Waals surface area contributed by atoms with Gasteiger partial charge in [-0.1, -0.05) is 35.9 Å². The number of nitrogens with zero attached hydrogens (tertiary/aromatic N) is 1. The molecule has 0 fully saturated rings. The molecule has 0 saturated carbocycles. The monoisotopic (exact) mass is 355 g/mol. The smallest absolute Gasteiger partial charge is 0.191 e. The summed E-state index contributed by atoms with van der Waals surface area (Å²) in [4.78, 5) is 4.27. The van der Waals surface area contributed by atoms with Crippen molar-refractivity contribution >= 4 is 5.96 Å². The van der Waals surface area contributed by atoms with Crippen molar-refractivity contribution in [2.45, 2.75) is 26.3 Å². The summed E-state index contributed by atoms with van der Waals surface area (Å²) in [7, 11) is 5.10. The molecule has 2 aromatic carbocycles. The lowest BCUT2D eigenvalue weighted by atomic mass is 10.1. The highest BCUT2D eigenvalue weighted by atomic mass is 16.5. The molecule has 0 saturated heterocycles. The van der Waals surface area contributed by atoms with Crippen LogP contribution in [0.4, 0.5) is 0 Å². The molecule has 2 rings (SSSR count). The Bertz CT molecular complexity index is 712. The highest BCUT2D eigenvalue weighted by Gasteiger charge is 2.04. The highest BCUT2D eigenvalue weighted by molar-refractivity contribution is 5.79. The molecule has 5 heteroatoms. The van der Waals surface area contributed by atoms with Gasteiger partial charge in [-0.2, -0.15) is 0 Å². The second-order valence-corrected chi connectivity index (χ2v) is 6.13. The van der Waals surface area contributed by atoms with E-state index in [1.165, 1.54) is 16.7 Å². The zero-order valence-corrected chi connectivity index (χ0v) is 16.1. The predicted molar refractivity (Wildman–Crippen MR) is 107 cm³/mol. The van der Waals surface area contributed by atoms with Crippen LogP contribution in [0, 0.1) is 6.92 Å². The Morgan fingerprint density at radius 1 is 0.923 bits per heavy atom. The van der Waals surface area contributed by atoms with Crippen LogP contribution in [0.5, 0.6) is 11.5 Å². The van der Waals surface area contributed by atoms with Crippen molar-refractivity contribution in [3.8, 4) is 11.5 Å². The van der Waals surface area contributed by atoms with Crippen LogP contribution >= 0.6 is 0 Å². The van der Waals surface area contributed by atoms with Crippen molar-refractivity contribution in [1.29, 1.82) is 0 Å². The van der Waals surface area contributed by atoms with Crippen molar-refractivity contribution in [3.63, 3.8) is 0 Å². The molecular weight excluding hydrogens is 326 g/mol. The van der Waals surface area contributed by atoms with Crippen LogP contribution in [0.2, 0.25) is 0 Å². The topological polar surface area (TPSA) is 54.9 Å². The zero-order chi connectivity index (χ0) is 18.8. The van der Waals surface area contributed by atoms with Gasteiger partial charge in [-0.05, 0) is 43.0 Å². The molecule has 0 aromatic heterocycles. The molecule has 0 atom stereocenters. The van der Waals surface area contributed by atoms with Gasteiger partial charge in [0.2, 0.25) is 0 Å². The SMILES string of the molecule is CN=C(NCCCc1ccc(OC)c(OC)c1)NCc1ccc(C)cc1. The molecule has 140 valence electrons. The summed E-state index contributed by atoms with van der Waals surface area (Å²) < 4.78 is 10.6. The number of methoxy groups -OCH3 is 2. The first-order valence-electron chi connectivity index (χ1n) is 8.87. The van der Waals surface area contributed by atoms with Crippen molar-refractivity contribution in [2.24, 2.45) is 4.99 Å². The van der Waals surface area contributed by atoms with Crippen LogP contribution in [0.1, 0.15) is 23.1 Å². The number of aryl methyl sites for hydroxylation is 2. The van der Waals surface area contributed by atoms with E-state index >= 15 is 0 Å². The van der Waals surface area contributed by atoms with E-state index < -0.39 is 0 Å². The Kier molecular flexibility index (Phi) is 7.80. The van der Waals surface area contributed by atoms with Gasteiger partial charge >= 0.3 is 0 Å². The Morgan fingerprint density at radius 2 is 1.62 bits per heavy atom. The average molecular weight is 355 g/mol. The van der Waals surface area contributed by atoms with E-state index in [4.69, 9.17) is 9.47 Å². The van der Waals surface area contributed by atoms with Gasteiger partial charge in [0.15, 0.2) is 17.5 Å². The maximum Gasteiger partial charge on any atom is 0.191 e. The van der Waals surface area contributed by atoms with Gasteiger partial charge in [0.05, 0.1) is 14.2 Å². The van der Waals surface area contributed by atoms with E-state index in [2.05, 4.69) is 52.9 Å². The Morgan fingerprint density at radius 3 is 2.27 bits per heavy atom. The molecule has 0 unspecified atom stereocenters. The first-order chi connectivity index (χ1) is 12.7. The zero-order valence-electron chi connectivity index (χ0n) is 16.1. The van der Waals surface area contributed by atoms with E-state index in [1.54, 1.807) is 21.3 Å². The van der Waals surface area contributed by atoms with Crippen molar-refractivity contribution in [1.82, 2.24) is 10.6 Å². The summed E-state index contributed by atoms with van der Waals surface area (Å²) in [5, 5.41) is 6.69. The minimum absolute atomic E-state index is 0.759. The molecule has 0 aliphatic carbocycles. The van der Waals surface area contributed by atoms with E-state index in [9.17, 15) is 0 Å². The van der Waals surface area contributed by atoms with Gasteiger partial charge < -0.3 is 20.1 Å². The normalized spacial score (nSPS) is 11.2. The van der Waals surface area contributed by atoms with Crippen LogP contribution in [0.25, 0.3) is 0 Å².